The van der Waals surface area contributed by atoms with E-state index < -0.39 is 0 Å². The highest BCUT2D eigenvalue weighted by atomic mass is 16.6. The van der Waals surface area contributed by atoms with E-state index in [1.807, 2.05) is 0 Å². The topological polar surface area (TPSA) is 46.5 Å². The Balaban J connectivity index is 1.98. The fraction of sp³-hybridized carbons (Fsp3) is 0.667. The molecule has 3 aliphatic rings. The van der Waals surface area contributed by atoms with E-state index in [0.29, 0.717) is 11.5 Å². The zero-order valence-electron chi connectivity index (χ0n) is 10.8. The summed E-state index contributed by atoms with van der Waals surface area (Å²) in [6, 6.07) is 0. The van der Waals surface area contributed by atoms with Crippen LogP contribution in [-0.2, 0) is 9.53 Å². The van der Waals surface area contributed by atoms with Gasteiger partial charge in [0.05, 0.1) is 6.10 Å². The van der Waals surface area contributed by atoms with Gasteiger partial charge >= 0.3 is 5.97 Å². The van der Waals surface area contributed by atoms with Crippen molar-refractivity contribution < 1.29 is 14.6 Å². The molecule has 1 aliphatic heterocycles. The molecule has 0 aromatic rings. The van der Waals surface area contributed by atoms with Crippen molar-refractivity contribution in [3.63, 3.8) is 0 Å². The van der Waals surface area contributed by atoms with Gasteiger partial charge in [-0.25, -0.2) is 4.79 Å². The van der Waals surface area contributed by atoms with Gasteiger partial charge in [0.15, 0.2) is 0 Å². The molecule has 0 amide bonds. The Kier molecular flexibility index (Phi) is 2.63. The van der Waals surface area contributed by atoms with E-state index in [4.69, 9.17) is 4.74 Å². The number of hydrogen-bond donors (Lipinski definition) is 1. The van der Waals surface area contributed by atoms with E-state index in [1.54, 1.807) is 0 Å². The molecule has 1 saturated heterocycles. The third kappa shape index (κ3) is 1.50. The number of allylic oxidation sites excluding steroid dienone is 1. The highest BCUT2D eigenvalue weighted by molar-refractivity contribution is 5.90. The average Bonchev–Trinajstić information content (AvgIpc) is 2.72. The first-order valence-corrected chi connectivity index (χ1v) is 6.76. The minimum atomic E-state index is -0.303. The maximum absolute atomic E-state index is 11.7. The van der Waals surface area contributed by atoms with Gasteiger partial charge in [-0.3, -0.25) is 0 Å². The van der Waals surface area contributed by atoms with Crippen LogP contribution in [0.2, 0.25) is 0 Å². The number of fused-ring (bicyclic) bond motifs is 3. The maximum Gasteiger partial charge on any atom is 0.334 e. The summed E-state index contributed by atoms with van der Waals surface area (Å²) in [6.45, 7) is 10.1. The van der Waals surface area contributed by atoms with Crippen LogP contribution < -0.4 is 0 Å². The number of esters is 1. The molecule has 3 heteroatoms. The van der Waals surface area contributed by atoms with Crippen LogP contribution in [0.5, 0.6) is 0 Å². The van der Waals surface area contributed by atoms with Gasteiger partial charge in [0.1, 0.15) is 6.10 Å². The van der Waals surface area contributed by atoms with Crippen molar-refractivity contribution in [3.8, 4) is 0 Å². The lowest BCUT2D eigenvalue weighted by Crippen LogP contribution is -2.32. The van der Waals surface area contributed by atoms with Crippen LogP contribution in [0.25, 0.3) is 0 Å². The summed E-state index contributed by atoms with van der Waals surface area (Å²) in [5, 5.41) is 10.1. The van der Waals surface area contributed by atoms with Crippen molar-refractivity contribution in [1.82, 2.24) is 0 Å². The van der Waals surface area contributed by atoms with Crippen LogP contribution in [0.15, 0.2) is 24.3 Å². The largest absolute Gasteiger partial charge is 0.458 e. The van der Waals surface area contributed by atoms with Gasteiger partial charge in [0.2, 0.25) is 0 Å². The Morgan fingerprint density at radius 2 is 2.06 bits per heavy atom. The first-order chi connectivity index (χ1) is 8.50. The Morgan fingerprint density at radius 3 is 2.78 bits per heavy atom. The minimum Gasteiger partial charge on any atom is -0.458 e. The molecule has 3 fully saturated rings. The van der Waals surface area contributed by atoms with E-state index in [9.17, 15) is 9.90 Å². The smallest absolute Gasteiger partial charge is 0.334 e. The summed E-state index contributed by atoms with van der Waals surface area (Å²) >= 11 is 0. The highest BCUT2D eigenvalue weighted by Crippen LogP contribution is 2.52. The number of carbonyl (C=O) groups excluding carboxylic acids is 1. The van der Waals surface area contributed by atoms with Gasteiger partial charge in [-0.2, -0.15) is 0 Å². The van der Waals surface area contributed by atoms with Crippen LogP contribution >= 0.6 is 0 Å². The van der Waals surface area contributed by atoms with Crippen LogP contribution in [0.1, 0.15) is 26.2 Å². The van der Waals surface area contributed by atoms with Gasteiger partial charge in [0.25, 0.3) is 0 Å². The second-order valence-corrected chi connectivity index (χ2v) is 6.04. The summed E-state index contributed by atoms with van der Waals surface area (Å²) in [7, 11) is 0. The van der Waals surface area contributed by atoms with Crippen molar-refractivity contribution in [2.24, 2.45) is 23.7 Å². The summed E-state index contributed by atoms with van der Waals surface area (Å²) < 4.78 is 5.55. The normalized spacial score (nSPS) is 47.6. The van der Waals surface area contributed by atoms with Crippen molar-refractivity contribution in [3.05, 3.63) is 24.3 Å². The predicted molar refractivity (Wildman–Crippen MR) is 67.7 cm³/mol. The molecular weight excluding hydrogens is 228 g/mol. The zero-order chi connectivity index (χ0) is 13.0. The lowest BCUT2D eigenvalue weighted by atomic mass is 9.79. The van der Waals surface area contributed by atoms with E-state index in [-0.39, 0.29) is 35.9 Å². The van der Waals surface area contributed by atoms with Crippen LogP contribution in [0.3, 0.4) is 0 Å². The van der Waals surface area contributed by atoms with Gasteiger partial charge in [-0.05, 0) is 31.1 Å². The number of ether oxygens (including phenoxy) is 1. The highest BCUT2D eigenvalue weighted by Gasteiger charge is 2.53. The fourth-order valence-corrected chi connectivity index (χ4v) is 4.06. The molecule has 0 aromatic heterocycles. The number of rotatable bonds is 0. The van der Waals surface area contributed by atoms with Crippen LogP contribution in [0.4, 0.5) is 0 Å². The molecule has 1 heterocycles. The summed E-state index contributed by atoms with van der Waals surface area (Å²) in [5.41, 5.74) is 1.82. The summed E-state index contributed by atoms with van der Waals surface area (Å²) in [4.78, 5) is 11.7. The molecule has 0 unspecified atom stereocenters. The SMILES string of the molecule is C=C1C(=O)O[C@@H]2[C@H]3[C@H](C)[C@@H](O)C[C@H]3C(=C)CC[C@@H]12. The third-order valence-electron chi connectivity index (χ3n) is 5.20. The predicted octanol–water partition coefficient (Wildman–Crippen LogP) is 2.07. The minimum absolute atomic E-state index is 0.0959. The molecule has 2 aliphatic carbocycles. The number of carbonyl (C=O) groups is 1. The van der Waals surface area contributed by atoms with Gasteiger partial charge in [-0.15, -0.1) is 0 Å². The van der Waals surface area contributed by atoms with E-state index in [2.05, 4.69) is 20.1 Å². The Hall–Kier alpha value is -1.09. The van der Waals surface area contributed by atoms with E-state index >= 15 is 0 Å². The lowest BCUT2D eigenvalue weighted by Gasteiger charge is -2.28. The van der Waals surface area contributed by atoms with Gasteiger partial charge < -0.3 is 9.84 Å². The van der Waals surface area contributed by atoms with Crippen LogP contribution in [-0.4, -0.2) is 23.3 Å². The van der Waals surface area contributed by atoms with Gasteiger partial charge in [0, 0.05) is 17.4 Å². The maximum atomic E-state index is 11.7. The molecule has 0 spiro atoms. The number of hydrogen-bond acceptors (Lipinski definition) is 3. The Morgan fingerprint density at radius 1 is 1.33 bits per heavy atom. The zero-order valence-corrected chi connectivity index (χ0v) is 10.8. The van der Waals surface area contributed by atoms with Crippen molar-refractivity contribution in [2.45, 2.75) is 38.4 Å². The lowest BCUT2D eigenvalue weighted by molar-refractivity contribution is -0.142. The van der Waals surface area contributed by atoms with Crippen molar-refractivity contribution >= 4 is 5.97 Å². The first-order valence-electron chi connectivity index (χ1n) is 6.76. The molecule has 0 radical (unpaired) electrons. The van der Waals surface area contributed by atoms with Crippen molar-refractivity contribution in [2.75, 3.05) is 0 Å². The van der Waals surface area contributed by atoms with E-state index in [1.165, 1.54) is 5.57 Å². The quantitative estimate of drug-likeness (QED) is 0.405. The summed E-state index contributed by atoms with van der Waals surface area (Å²) in [5.74, 6) is 0.546. The van der Waals surface area contributed by atoms with E-state index in [0.717, 1.165) is 19.3 Å². The molecule has 6 atom stereocenters. The van der Waals surface area contributed by atoms with Gasteiger partial charge in [-0.1, -0.05) is 25.7 Å². The number of aliphatic hydroxyl groups excluding tert-OH is 1. The molecule has 3 nitrogen and oxygen atoms in total. The fourth-order valence-electron chi connectivity index (χ4n) is 4.06. The molecule has 18 heavy (non-hydrogen) atoms. The first kappa shape index (κ1) is 12.0. The summed E-state index contributed by atoms with van der Waals surface area (Å²) in [6.07, 6.45) is 2.18. The second-order valence-electron chi connectivity index (χ2n) is 6.04. The molecule has 0 bridgehead atoms. The molecule has 2 saturated carbocycles. The molecular formula is C15H20O3. The molecule has 3 rings (SSSR count). The third-order valence-corrected chi connectivity index (χ3v) is 5.20. The standard InChI is InChI=1S/C15H20O3/c1-7-4-5-10-8(2)15(17)18-14(10)13-9(3)12(16)6-11(7)13/h9-14,16H,1-2,4-6H2,3H3/t9-,10+,11+,12+,13+,14+/m1/s1. The molecule has 0 aromatic carbocycles. The average molecular weight is 248 g/mol. The Bertz CT molecular complexity index is 425. The Labute approximate surface area is 108 Å². The monoisotopic (exact) mass is 248 g/mol. The molecule has 98 valence electrons. The number of aliphatic hydroxyl groups is 1. The molecule has 1 N–H and O–H groups in total. The van der Waals surface area contributed by atoms with Crippen molar-refractivity contribution in [1.29, 1.82) is 0 Å². The second kappa shape index (κ2) is 3.95. The van der Waals surface area contributed by atoms with Crippen LogP contribution in [0, 0.1) is 23.7 Å².